The average molecular weight is 368 g/mol. The van der Waals surface area contributed by atoms with Gasteiger partial charge in [0.2, 0.25) is 15.9 Å². The number of rotatable bonds is 6. The van der Waals surface area contributed by atoms with E-state index >= 15 is 0 Å². The molecule has 0 unspecified atom stereocenters. The number of esters is 1. The van der Waals surface area contributed by atoms with Gasteiger partial charge in [-0.15, -0.1) is 0 Å². The maximum Gasteiger partial charge on any atom is 0.325 e. The number of benzene rings is 1. The van der Waals surface area contributed by atoms with Gasteiger partial charge in [0.15, 0.2) is 0 Å². The van der Waals surface area contributed by atoms with Crippen LogP contribution in [-0.2, 0) is 24.3 Å². The van der Waals surface area contributed by atoms with Gasteiger partial charge in [-0.05, 0) is 38.8 Å². The van der Waals surface area contributed by atoms with Gasteiger partial charge in [-0.25, -0.2) is 8.42 Å². The molecule has 0 radical (unpaired) electrons. The Labute approximate surface area is 148 Å². The molecule has 7 nitrogen and oxygen atoms in total. The summed E-state index contributed by atoms with van der Waals surface area (Å²) >= 11 is 0. The lowest BCUT2D eigenvalue weighted by atomic mass is 9.99. The second kappa shape index (κ2) is 8.44. The van der Waals surface area contributed by atoms with Crippen LogP contribution in [0.15, 0.2) is 29.2 Å². The molecule has 1 fully saturated rings. The van der Waals surface area contributed by atoms with E-state index in [1.807, 2.05) is 6.92 Å². The van der Waals surface area contributed by atoms with Crippen LogP contribution in [0, 0.1) is 12.8 Å². The van der Waals surface area contributed by atoms with Crippen LogP contribution < -0.4 is 5.32 Å². The van der Waals surface area contributed by atoms with E-state index in [0.29, 0.717) is 19.4 Å². The van der Waals surface area contributed by atoms with E-state index in [9.17, 15) is 18.0 Å². The van der Waals surface area contributed by atoms with E-state index in [1.165, 1.54) is 4.31 Å². The number of piperidine rings is 1. The van der Waals surface area contributed by atoms with E-state index in [2.05, 4.69) is 5.32 Å². The van der Waals surface area contributed by atoms with Crippen molar-refractivity contribution in [2.24, 2.45) is 5.92 Å². The second-order valence-electron chi connectivity index (χ2n) is 6.04. The summed E-state index contributed by atoms with van der Waals surface area (Å²) in [6.07, 6.45) is 1.19. The normalized spacial score (nSPS) is 18.6. The highest BCUT2D eigenvalue weighted by molar-refractivity contribution is 7.89. The topological polar surface area (TPSA) is 92.8 Å². The largest absolute Gasteiger partial charge is 0.465 e. The van der Waals surface area contributed by atoms with Crippen LogP contribution in [0.3, 0.4) is 0 Å². The molecule has 0 aliphatic carbocycles. The van der Waals surface area contributed by atoms with E-state index < -0.39 is 21.9 Å². The monoisotopic (exact) mass is 368 g/mol. The van der Waals surface area contributed by atoms with Crippen LogP contribution in [0.4, 0.5) is 0 Å². The Bertz CT molecular complexity index is 715. The van der Waals surface area contributed by atoms with Gasteiger partial charge in [0, 0.05) is 13.1 Å². The van der Waals surface area contributed by atoms with E-state index in [1.54, 1.807) is 31.2 Å². The van der Waals surface area contributed by atoms with Crippen LogP contribution >= 0.6 is 0 Å². The third-order valence-electron chi connectivity index (χ3n) is 4.13. The van der Waals surface area contributed by atoms with Gasteiger partial charge in [-0.3, -0.25) is 9.59 Å². The summed E-state index contributed by atoms with van der Waals surface area (Å²) in [5.41, 5.74) is 0.980. The fourth-order valence-corrected chi connectivity index (χ4v) is 4.27. The minimum Gasteiger partial charge on any atom is -0.465 e. The zero-order valence-electron chi connectivity index (χ0n) is 14.5. The maximum atomic E-state index is 12.7. The number of carbonyl (C=O) groups excluding carboxylic acids is 2. The zero-order valence-corrected chi connectivity index (χ0v) is 15.3. The summed E-state index contributed by atoms with van der Waals surface area (Å²) in [5, 5.41) is 2.52. The standard InChI is InChI=1S/C17H24N2O5S/c1-3-24-16(20)11-18-17(21)14-5-4-10-19(12-14)25(22,23)15-8-6-13(2)7-9-15/h6-9,14H,3-5,10-12H2,1-2H3,(H,18,21)/t14-/m1/s1. The molecule has 0 saturated carbocycles. The van der Waals surface area contributed by atoms with Gasteiger partial charge < -0.3 is 10.1 Å². The van der Waals surface area contributed by atoms with Crippen molar-refractivity contribution in [3.8, 4) is 0 Å². The fraction of sp³-hybridized carbons (Fsp3) is 0.529. The lowest BCUT2D eigenvalue weighted by Gasteiger charge is -2.31. The number of hydrogen-bond acceptors (Lipinski definition) is 5. The van der Waals surface area contributed by atoms with Crippen LogP contribution in [0.1, 0.15) is 25.3 Å². The Hall–Kier alpha value is -1.93. The molecule has 1 amide bonds. The maximum absolute atomic E-state index is 12.7. The molecule has 0 spiro atoms. The molecule has 138 valence electrons. The van der Waals surface area contributed by atoms with Gasteiger partial charge in [-0.1, -0.05) is 17.7 Å². The first-order valence-corrected chi connectivity index (χ1v) is 9.78. The smallest absolute Gasteiger partial charge is 0.325 e. The minimum atomic E-state index is -3.62. The Morgan fingerprint density at radius 2 is 1.96 bits per heavy atom. The van der Waals surface area contributed by atoms with Gasteiger partial charge in [0.1, 0.15) is 6.54 Å². The Morgan fingerprint density at radius 3 is 2.60 bits per heavy atom. The van der Waals surface area contributed by atoms with Crippen molar-refractivity contribution in [1.29, 1.82) is 0 Å². The molecule has 1 aliphatic heterocycles. The van der Waals surface area contributed by atoms with Gasteiger partial charge in [0.25, 0.3) is 0 Å². The summed E-state index contributed by atoms with van der Waals surface area (Å²) in [7, 11) is -3.62. The summed E-state index contributed by atoms with van der Waals surface area (Å²) in [6.45, 7) is 4.13. The lowest BCUT2D eigenvalue weighted by Crippen LogP contribution is -2.46. The summed E-state index contributed by atoms with van der Waals surface area (Å²) in [6, 6.07) is 6.66. The molecule has 25 heavy (non-hydrogen) atoms. The van der Waals surface area contributed by atoms with Crippen LogP contribution in [0.5, 0.6) is 0 Å². The Kier molecular flexibility index (Phi) is 6.55. The molecule has 1 heterocycles. The van der Waals surface area contributed by atoms with Crippen LogP contribution in [0.25, 0.3) is 0 Å². The summed E-state index contributed by atoms with van der Waals surface area (Å²) in [4.78, 5) is 23.8. The number of nitrogens with one attached hydrogen (secondary N) is 1. The predicted octanol–water partition coefficient (Wildman–Crippen LogP) is 1.08. The number of carbonyl (C=O) groups is 2. The van der Waals surface area contributed by atoms with Crippen molar-refractivity contribution < 1.29 is 22.7 Å². The number of nitrogens with zero attached hydrogens (tertiary/aromatic N) is 1. The molecule has 0 bridgehead atoms. The number of ether oxygens (including phenoxy) is 1. The zero-order chi connectivity index (χ0) is 18.4. The molecule has 2 rings (SSSR count). The predicted molar refractivity (Wildman–Crippen MR) is 92.3 cm³/mol. The average Bonchev–Trinajstić information content (AvgIpc) is 2.60. The van der Waals surface area contributed by atoms with Crippen LogP contribution in [0.2, 0.25) is 0 Å². The number of amides is 1. The third-order valence-corrected chi connectivity index (χ3v) is 6.01. The van der Waals surface area contributed by atoms with Crippen molar-refractivity contribution in [3.63, 3.8) is 0 Å². The fourth-order valence-electron chi connectivity index (χ4n) is 2.75. The molecular weight excluding hydrogens is 344 g/mol. The molecule has 8 heteroatoms. The first-order chi connectivity index (χ1) is 11.8. The molecule has 1 saturated heterocycles. The van der Waals surface area contributed by atoms with Crippen molar-refractivity contribution in [2.45, 2.75) is 31.6 Å². The highest BCUT2D eigenvalue weighted by Crippen LogP contribution is 2.24. The first kappa shape index (κ1) is 19.4. The highest BCUT2D eigenvalue weighted by atomic mass is 32.2. The minimum absolute atomic E-state index is 0.116. The van der Waals surface area contributed by atoms with Crippen molar-refractivity contribution in [3.05, 3.63) is 29.8 Å². The van der Waals surface area contributed by atoms with Crippen molar-refractivity contribution in [1.82, 2.24) is 9.62 Å². The lowest BCUT2D eigenvalue weighted by molar-refractivity contribution is -0.144. The molecule has 1 N–H and O–H groups in total. The van der Waals surface area contributed by atoms with Crippen molar-refractivity contribution >= 4 is 21.9 Å². The summed E-state index contributed by atoms with van der Waals surface area (Å²) in [5.74, 6) is -1.30. The molecule has 0 aromatic heterocycles. The molecular formula is C17H24N2O5S. The van der Waals surface area contributed by atoms with E-state index in [-0.39, 0.29) is 30.5 Å². The third kappa shape index (κ3) is 5.02. The molecule has 1 aromatic rings. The second-order valence-corrected chi connectivity index (χ2v) is 7.98. The molecule has 1 atom stereocenters. The Balaban J connectivity index is 2.01. The molecule has 1 aliphatic rings. The van der Waals surface area contributed by atoms with Gasteiger partial charge in [0.05, 0.1) is 17.4 Å². The first-order valence-electron chi connectivity index (χ1n) is 8.34. The van der Waals surface area contributed by atoms with Crippen LogP contribution in [-0.4, -0.2) is 50.8 Å². The van der Waals surface area contributed by atoms with E-state index in [0.717, 1.165) is 5.56 Å². The SMILES string of the molecule is CCOC(=O)CNC(=O)[C@@H]1CCCN(S(=O)(=O)c2ccc(C)cc2)C1. The van der Waals surface area contributed by atoms with Crippen molar-refractivity contribution in [2.75, 3.05) is 26.2 Å². The Morgan fingerprint density at radius 1 is 1.28 bits per heavy atom. The summed E-state index contributed by atoms with van der Waals surface area (Å²) < 4.78 is 31.6. The highest BCUT2D eigenvalue weighted by Gasteiger charge is 2.33. The number of aryl methyl sites for hydroxylation is 1. The quantitative estimate of drug-likeness (QED) is 0.759. The van der Waals surface area contributed by atoms with Gasteiger partial charge in [-0.2, -0.15) is 4.31 Å². The molecule has 1 aromatic carbocycles. The number of sulfonamides is 1. The van der Waals surface area contributed by atoms with Gasteiger partial charge >= 0.3 is 5.97 Å². The number of hydrogen-bond donors (Lipinski definition) is 1. The van der Waals surface area contributed by atoms with E-state index in [4.69, 9.17) is 4.74 Å².